The lowest BCUT2D eigenvalue weighted by atomic mass is 9.84. The highest BCUT2D eigenvalue weighted by Crippen LogP contribution is 2.40. The highest BCUT2D eigenvalue weighted by molar-refractivity contribution is 7.09. The molecule has 0 aromatic carbocycles. The summed E-state index contributed by atoms with van der Waals surface area (Å²) in [6.45, 7) is 0. The maximum absolute atomic E-state index is 12.6. The minimum Gasteiger partial charge on any atom is -0.480 e. The molecule has 22 heavy (non-hydrogen) atoms. The van der Waals surface area contributed by atoms with E-state index in [2.05, 4.69) is 4.98 Å². The van der Waals surface area contributed by atoms with Gasteiger partial charge in [0.2, 0.25) is 5.91 Å². The van der Waals surface area contributed by atoms with Crippen LogP contribution in [0.3, 0.4) is 0 Å². The molecule has 1 saturated carbocycles. The van der Waals surface area contributed by atoms with Crippen molar-refractivity contribution in [1.82, 2.24) is 9.88 Å². The molecule has 1 amide bonds. The first-order valence-corrected chi connectivity index (χ1v) is 8.97. The smallest absolute Gasteiger partial charge is 0.326 e. The second kappa shape index (κ2) is 6.77. The third-order valence-electron chi connectivity index (χ3n) is 4.93. The molecule has 2 heterocycles. The minimum atomic E-state index is -0.845. The summed E-state index contributed by atoms with van der Waals surface area (Å²) in [6.07, 6.45) is 8.68. The number of carbonyl (C=O) groups is 2. The Morgan fingerprint density at radius 1 is 1.36 bits per heavy atom. The predicted molar refractivity (Wildman–Crippen MR) is 83.7 cm³/mol. The van der Waals surface area contributed by atoms with Gasteiger partial charge in [-0.05, 0) is 38.0 Å². The molecule has 2 fully saturated rings. The van der Waals surface area contributed by atoms with Crippen LogP contribution in [0.4, 0.5) is 0 Å². The molecule has 5 nitrogen and oxygen atoms in total. The lowest BCUT2D eigenvalue weighted by molar-refractivity contribution is -0.149. The van der Waals surface area contributed by atoms with Crippen molar-refractivity contribution in [3.63, 3.8) is 0 Å². The molecule has 3 rings (SSSR count). The van der Waals surface area contributed by atoms with E-state index in [4.69, 9.17) is 0 Å². The molecule has 0 bridgehead atoms. The monoisotopic (exact) mass is 322 g/mol. The molecular weight excluding hydrogens is 300 g/mol. The summed E-state index contributed by atoms with van der Waals surface area (Å²) >= 11 is 1.60. The van der Waals surface area contributed by atoms with Gasteiger partial charge in [-0.3, -0.25) is 4.79 Å². The Balaban J connectivity index is 1.61. The molecule has 2 aliphatic rings. The van der Waals surface area contributed by atoms with Crippen molar-refractivity contribution < 1.29 is 14.7 Å². The Bertz CT molecular complexity index is 532. The van der Waals surface area contributed by atoms with Gasteiger partial charge in [0, 0.05) is 24.0 Å². The van der Waals surface area contributed by atoms with Crippen LogP contribution in [0.5, 0.6) is 0 Å². The van der Waals surface area contributed by atoms with Gasteiger partial charge < -0.3 is 10.0 Å². The van der Waals surface area contributed by atoms with E-state index in [0.717, 1.165) is 37.1 Å². The van der Waals surface area contributed by atoms with E-state index in [-0.39, 0.29) is 11.9 Å². The molecule has 1 aromatic heterocycles. The largest absolute Gasteiger partial charge is 0.480 e. The molecule has 1 aromatic rings. The molecule has 3 atom stereocenters. The predicted octanol–water partition coefficient (Wildman–Crippen LogP) is 2.71. The SMILES string of the molecule is O=C(O)C1CC2CCCCC2N1C(=O)CCCc1nccs1. The Labute approximate surface area is 134 Å². The fourth-order valence-corrected chi connectivity index (χ4v) is 4.60. The van der Waals surface area contributed by atoms with Crippen molar-refractivity contribution >= 4 is 23.2 Å². The lowest BCUT2D eigenvalue weighted by Gasteiger charge is -2.33. The average Bonchev–Trinajstić information content (AvgIpc) is 3.13. The number of carboxylic acids is 1. The number of hydrogen-bond donors (Lipinski definition) is 1. The van der Waals surface area contributed by atoms with E-state index in [0.29, 0.717) is 18.8 Å². The lowest BCUT2D eigenvalue weighted by Crippen LogP contribution is -2.46. The molecule has 1 aliphatic carbocycles. The highest BCUT2D eigenvalue weighted by Gasteiger charge is 2.47. The number of fused-ring (bicyclic) bond motifs is 1. The van der Waals surface area contributed by atoms with Crippen LogP contribution in [0.1, 0.15) is 50.0 Å². The normalized spacial score (nSPS) is 27.6. The first-order valence-electron chi connectivity index (χ1n) is 8.09. The highest BCUT2D eigenvalue weighted by atomic mass is 32.1. The van der Waals surface area contributed by atoms with Gasteiger partial charge in [0.1, 0.15) is 6.04 Å². The van der Waals surface area contributed by atoms with Crippen LogP contribution in [0.2, 0.25) is 0 Å². The Hall–Kier alpha value is -1.43. The fourth-order valence-electron chi connectivity index (χ4n) is 3.94. The van der Waals surface area contributed by atoms with Gasteiger partial charge in [-0.2, -0.15) is 0 Å². The van der Waals surface area contributed by atoms with E-state index in [1.54, 1.807) is 22.4 Å². The van der Waals surface area contributed by atoms with Gasteiger partial charge in [-0.15, -0.1) is 11.3 Å². The van der Waals surface area contributed by atoms with Crippen LogP contribution in [0.25, 0.3) is 0 Å². The number of amides is 1. The van der Waals surface area contributed by atoms with Crippen molar-refractivity contribution in [2.45, 2.75) is 63.5 Å². The van der Waals surface area contributed by atoms with Gasteiger partial charge in [0.05, 0.1) is 5.01 Å². The number of carbonyl (C=O) groups excluding carboxylic acids is 1. The molecule has 1 N–H and O–H groups in total. The number of rotatable bonds is 5. The van der Waals surface area contributed by atoms with Crippen molar-refractivity contribution in [1.29, 1.82) is 0 Å². The average molecular weight is 322 g/mol. The number of hydrogen-bond acceptors (Lipinski definition) is 4. The number of thiazole rings is 1. The summed E-state index contributed by atoms with van der Waals surface area (Å²) in [5, 5.41) is 12.4. The summed E-state index contributed by atoms with van der Waals surface area (Å²) < 4.78 is 0. The number of aryl methyl sites for hydroxylation is 1. The van der Waals surface area contributed by atoms with Crippen molar-refractivity contribution in [3.8, 4) is 0 Å². The van der Waals surface area contributed by atoms with Gasteiger partial charge in [0.15, 0.2) is 0 Å². The number of aliphatic carboxylic acids is 1. The molecule has 1 aliphatic heterocycles. The second-order valence-electron chi connectivity index (χ2n) is 6.28. The zero-order chi connectivity index (χ0) is 15.5. The van der Waals surface area contributed by atoms with Crippen LogP contribution in [0.15, 0.2) is 11.6 Å². The number of carboxylic acid groups (broad SMARTS) is 1. The molecular formula is C16H22N2O3S. The molecule has 6 heteroatoms. The summed E-state index contributed by atoms with van der Waals surface area (Å²) in [7, 11) is 0. The first-order chi connectivity index (χ1) is 10.7. The zero-order valence-corrected chi connectivity index (χ0v) is 13.4. The summed E-state index contributed by atoms with van der Waals surface area (Å²) in [4.78, 5) is 30.0. The first kappa shape index (κ1) is 15.5. The Morgan fingerprint density at radius 3 is 2.91 bits per heavy atom. The van der Waals surface area contributed by atoms with Gasteiger partial charge in [-0.25, -0.2) is 9.78 Å². The molecule has 0 spiro atoms. The maximum Gasteiger partial charge on any atom is 0.326 e. The third-order valence-corrected chi connectivity index (χ3v) is 5.77. The molecule has 1 saturated heterocycles. The van der Waals surface area contributed by atoms with Crippen molar-refractivity contribution in [2.24, 2.45) is 5.92 Å². The van der Waals surface area contributed by atoms with E-state index in [1.807, 2.05) is 5.38 Å². The Morgan fingerprint density at radius 2 is 2.18 bits per heavy atom. The standard InChI is InChI=1S/C16H22N2O3S/c19-15(7-3-6-14-17-8-9-22-14)18-12-5-2-1-4-11(12)10-13(18)16(20)21/h8-9,11-13H,1-7,10H2,(H,20,21). The van der Waals surface area contributed by atoms with Crippen LogP contribution in [-0.4, -0.2) is 39.0 Å². The maximum atomic E-state index is 12.6. The van der Waals surface area contributed by atoms with Crippen molar-refractivity contribution in [3.05, 3.63) is 16.6 Å². The van der Waals surface area contributed by atoms with Crippen LogP contribution in [-0.2, 0) is 16.0 Å². The summed E-state index contributed by atoms with van der Waals surface area (Å²) in [5.41, 5.74) is 0. The van der Waals surface area contributed by atoms with Crippen molar-refractivity contribution in [2.75, 3.05) is 0 Å². The van der Waals surface area contributed by atoms with Gasteiger partial charge >= 0.3 is 5.97 Å². The second-order valence-corrected chi connectivity index (χ2v) is 7.26. The van der Waals surface area contributed by atoms with Gasteiger partial charge in [0.25, 0.3) is 0 Å². The van der Waals surface area contributed by atoms with Gasteiger partial charge in [-0.1, -0.05) is 12.8 Å². The molecule has 3 unspecified atom stereocenters. The molecule has 0 radical (unpaired) electrons. The van der Waals surface area contributed by atoms with E-state index in [9.17, 15) is 14.7 Å². The number of likely N-dealkylation sites (tertiary alicyclic amines) is 1. The Kier molecular flexibility index (Phi) is 4.76. The fraction of sp³-hybridized carbons (Fsp3) is 0.688. The van der Waals surface area contributed by atoms with E-state index < -0.39 is 12.0 Å². The quantitative estimate of drug-likeness (QED) is 0.905. The topological polar surface area (TPSA) is 70.5 Å². The summed E-state index contributed by atoms with van der Waals surface area (Å²) in [6, 6.07) is -0.456. The molecule has 120 valence electrons. The van der Waals surface area contributed by atoms with Crippen LogP contribution in [0, 0.1) is 5.92 Å². The zero-order valence-electron chi connectivity index (χ0n) is 12.6. The van der Waals surface area contributed by atoms with Crippen LogP contribution >= 0.6 is 11.3 Å². The summed E-state index contributed by atoms with van der Waals surface area (Å²) in [5.74, 6) is -0.446. The number of aromatic nitrogens is 1. The van der Waals surface area contributed by atoms with E-state index in [1.165, 1.54) is 6.42 Å². The number of nitrogens with zero attached hydrogens (tertiary/aromatic N) is 2. The van der Waals surface area contributed by atoms with Crippen LogP contribution < -0.4 is 0 Å². The third kappa shape index (κ3) is 3.16. The van der Waals surface area contributed by atoms with E-state index >= 15 is 0 Å². The minimum absolute atomic E-state index is 0.0124.